The van der Waals surface area contributed by atoms with Gasteiger partial charge in [-0.3, -0.25) is 4.90 Å². The third-order valence-corrected chi connectivity index (χ3v) is 4.29. The maximum atomic E-state index is 12.2. The minimum Gasteiger partial charge on any atom is -0.406 e. The molecule has 0 saturated carbocycles. The third-order valence-electron chi connectivity index (χ3n) is 4.29. The first kappa shape index (κ1) is 24.2. The fraction of sp³-hybridized carbons (Fsp3) is 0.350. The summed E-state index contributed by atoms with van der Waals surface area (Å²) >= 11 is 0. The van der Waals surface area contributed by atoms with Crippen LogP contribution in [0.15, 0.2) is 53.5 Å². The van der Waals surface area contributed by atoms with E-state index in [0.29, 0.717) is 12.2 Å². The lowest BCUT2D eigenvalue weighted by molar-refractivity contribution is -0.274. The molecule has 1 aliphatic rings. The normalized spacial score (nSPS) is 15.4. The smallest absolute Gasteiger partial charge is 0.406 e. The lowest BCUT2D eigenvalue weighted by Crippen LogP contribution is -2.35. The molecular weight excluding hydrogens is 512 g/mol. The van der Waals surface area contributed by atoms with E-state index in [1.54, 1.807) is 0 Å². The molecule has 0 spiro atoms. The maximum Gasteiger partial charge on any atom is 0.573 e. The molecule has 1 saturated heterocycles. The van der Waals surface area contributed by atoms with Crippen LogP contribution >= 0.6 is 24.0 Å². The molecule has 30 heavy (non-hydrogen) atoms. The Bertz CT molecular complexity index is 826. The van der Waals surface area contributed by atoms with Gasteiger partial charge in [0.2, 0.25) is 0 Å². The molecule has 1 heterocycles. The van der Waals surface area contributed by atoms with E-state index in [1.165, 1.54) is 29.8 Å². The monoisotopic (exact) mass is 536 g/mol. The van der Waals surface area contributed by atoms with Crippen LogP contribution < -0.4 is 15.8 Å². The van der Waals surface area contributed by atoms with Crippen LogP contribution in [0, 0.1) is 0 Å². The number of nitrogens with one attached hydrogen (secondary N) is 1. The molecule has 0 aromatic heterocycles. The van der Waals surface area contributed by atoms with E-state index in [1.807, 2.05) is 12.1 Å². The predicted molar refractivity (Wildman–Crippen MR) is 120 cm³/mol. The van der Waals surface area contributed by atoms with Gasteiger partial charge in [0.25, 0.3) is 0 Å². The summed E-state index contributed by atoms with van der Waals surface area (Å²) < 4.78 is 45.8. The third kappa shape index (κ3) is 8.36. The topological polar surface area (TPSA) is 72.1 Å². The van der Waals surface area contributed by atoms with Crippen LogP contribution in [0.1, 0.15) is 11.1 Å². The zero-order valence-electron chi connectivity index (χ0n) is 16.2. The van der Waals surface area contributed by atoms with Crippen LogP contribution in [0.5, 0.6) is 5.75 Å². The summed E-state index contributed by atoms with van der Waals surface area (Å²) in [6, 6.07) is 13.4. The van der Waals surface area contributed by atoms with E-state index < -0.39 is 6.36 Å². The lowest BCUT2D eigenvalue weighted by Gasteiger charge is -2.26. The van der Waals surface area contributed by atoms with Crippen molar-refractivity contribution < 1.29 is 22.6 Å². The van der Waals surface area contributed by atoms with E-state index in [9.17, 15) is 13.2 Å². The summed E-state index contributed by atoms with van der Waals surface area (Å²) in [6.45, 7) is 4.62. The highest BCUT2D eigenvalue weighted by molar-refractivity contribution is 14.0. The molecule has 6 nitrogen and oxygen atoms in total. The quantitative estimate of drug-likeness (QED) is 0.333. The first-order valence-electron chi connectivity index (χ1n) is 9.18. The van der Waals surface area contributed by atoms with Crippen molar-refractivity contribution >= 4 is 35.6 Å². The first-order valence-corrected chi connectivity index (χ1v) is 9.18. The van der Waals surface area contributed by atoms with Gasteiger partial charge in [-0.1, -0.05) is 24.3 Å². The second kappa shape index (κ2) is 11.4. The summed E-state index contributed by atoms with van der Waals surface area (Å²) in [5, 5.41) is 2.85. The number of halogens is 4. The number of rotatable bonds is 6. The van der Waals surface area contributed by atoms with Gasteiger partial charge >= 0.3 is 6.36 Å². The molecule has 2 aromatic rings. The van der Waals surface area contributed by atoms with Crippen molar-refractivity contribution in [2.24, 2.45) is 10.7 Å². The van der Waals surface area contributed by atoms with Crippen LogP contribution in [0.2, 0.25) is 0 Å². The van der Waals surface area contributed by atoms with E-state index in [4.69, 9.17) is 10.5 Å². The van der Waals surface area contributed by atoms with Crippen LogP contribution in [0.4, 0.5) is 18.9 Å². The number of guanidine groups is 1. The highest BCUT2D eigenvalue weighted by Gasteiger charge is 2.30. The van der Waals surface area contributed by atoms with E-state index in [2.05, 4.69) is 32.1 Å². The van der Waals surface area contributed by atoms with E-state index >= 15 is 0 Å². The Hall–Kier alpha value is -2.05. The lowest BCUT2D eigenvalue weighted by atomic mass is 10.1. The summed E-state index contributed by atoms with van der Waals surface area (Å²) in [6.07, 6.45) is -4.72. The molecule has 0 bridgehead atoms. The Morgan fingerprint density at radius 1 is 1.10 bits per heavy atom. The van der Waals surface area contributed by atoms with Gasteiger partial charge in [-0.05, 0) is 35.4 Å². The van der Waals surface area contributed by atoms with E-state index in [0.717, 1.165) is 38.4 Å². The minimum atomic E-state index is -4.72. The Balaban J connectivity index is 0.00000320. The molecule has 0 unspecified atom stereocenters. The maximum absolute atomic E-state index is 12.2. The second-order valence-corrected chi connectivity index (χ2v) is 6.61. The molecule has 1 fully saturated rings. The van der Waals surface area contributed by atoms with Crippen molar-refractivity contribution in [2.45, 2.75) is 19.5 Å². The Morgan fingerprint density at radius 3 is 2.43 bits per heavy atom. The van der Waals surface area contributed by atoms with Gasteiger partial charge in [-0.2, -0.15) is 0 Å². The zero-order chi connectivity index (χ0) is 20.7. The molecule has 10 heteroatoms. The Kier molecular flexibility index (Phi) is 9.18. The number of anilines is 1. The number of morpholine rings is 1. The van der Waals surface area contributed by atoms with Crippen molar-refractivity contribution in [3.8, 4) is 5.75 Å². The van der Waals surface area contributed by atoms with Gasteiger partial charge in [0.05, 0.1) is 19.8 Å². The highest BCUT2D eigenvalue weighted by atomic mass is 127. The van der Waals surface area contributed by atoms with Crippen LogP contribution in [0.25, 0.3) is 0 Å². The molecule has 0 amide bonds. The largest absolute Gasteiger partial charge is 0.573 e. The summed E-state index contributed by atoms with van der Waals surface area (Å²) in [5.74, 6) is -0.122. The number of benzene rings is 2. The van der Waals surface area contributed by atoms with Crippen LogP contribution in [-0.2, 0) is 17.8 Å². The number of aliphatic imine (C=N–C) groups is 1. The highest BCUT2D eigenvalue weighted by Crippen LogP contribution is 2.23. The van der Waals surface area contributed by atoms with Crippen LogP contribution in [-0.4, -0.2) is 43.5 Å². The fourth-order valence-corrected chi connectivity index (χ4v) is 2.95. The van der Waals surface area contributed by atoms with Gasteiger partial charge in [0.15, 0.2) is 5.96 Å². The first-order chi connectivity index (χ1) is 13.9. The van der Waals surface area contributed by atoms with E-state index in [-0.39, 0.29) is 35.7 Å². The number of nitrogens with two attached hydrogens (primary N) is 1. The van der Waals surface area contributed by atoms with Crippen molar-refractivity contribution in [3.63, 3.8) is 0 Å². The molecular formula is C20H24F3IN4O2. The Morgan fingerprint density at radius 2 is 1.77 bits per heavy atom. The number of nitrogens with zero attached hydrogens (tertiary/aromatic N) is 2. The molecule has 3 rings (SSSR count). The molecule has 0 radical (unpaired) electrons. The number of alkyl halides is 3. The molecule has 164 valence electrons. The molecule has 2 aromatic carbocycles. The number of hydrogen-bond acceptors (Lipinski definition) is 4. The average molecular weight is 536 g/mol. The molecule has 1 aliphatic heterocycles. The zero-order valence-corrected chi connectivity index (χ0v) is 18.5. The van der Waals surface area contributed by atoms with Gasteiger partial charge in [0, 0.05) is 25.3 Å². The second-order valence-electron chi connectivity index (χ2n) is 6.61. The number of ether oxygens (including phenoxy) is 2. The van der Waals surface area contributed by atoms with Crippen molar-refractivity contribution in [3.05, 3.63) is 59.7 Å². The SMILES string of the molecule is I.NC(=NCc1cccc(CN2CCOCC2)c1)Nc1ccc(OC(F)(F)F)cc1. The van der Waals surface area contributed by atoms with Crippen molar-refractivity contribution in [2.75, 3.05) is 31.6 Å². The predicted octanol–water partition coefficient (Wildman–Crippen LogP) is 3.96. The minimum absolute atomic E-state index is 0. The number of hydrogen-bond donors (Lipinski definition) is 2. The van der Waals surface area contributed by atoms with Gasteiger partial charge in [-0.15, -0.1) is 37.1 Å². The average Bonchev–Trinajstić information content (AvgIpc) is 2.68. The Labute approximate surface area is 190 Å². The van der Waals surface area contributed by atoms with Crippen molar-refractivity contribution in [1.82, 2.24) is 4.90 Å². The summed E-state index contributed by atoms with van der Waals surface area (Å²) in [4.78, 5) is 6.64. The van der Waals surface area contributed by atoms with Gasteiger partial charge in [0.1, 0.15) is 5.75 Å². The van der Waals surface area contributed by atoms with Gasteiger partial charge < -0.3 is 20.5 Å². The summed E-state index contributed by atoms with van der Waals surface area (Å²) in [5.41, 5.74) is 8.62. The molecule has 0 aliphatic carbocycles. The van der Waals surface area contributed by atoms with Crippen molar-refractivity contribution in [1.29, 1.82) is 0 Å². The van der Waals surface area contributed by atoms with Gasteiger partial charge in [-0.25, -0.2) is 4.99 Å². The molecule has 0 atom stereocenters. The molecule has 3 N–H and O–H groups in total. The fourth-order valence-electron chi connectivity index (χ4n) is 2.95. The summed E-state index contributed by atoms with van der Waals surface area (Å²) in [7, 11) is 0. The van der Waals surface area contributed by atoms with Crippen LogP contribution in [0.3, 0.4) is 0 Å². The standard InChI is InChI=1S/C20H23F3N4O2.HI/c21-20(22,23)29-18-6-4-17(5-7-18)26-19(24)25-13-15-2-1-3-16(12-15)14-27-8-10-28-11-9-27;/h1-7,12H,8-11,13-14H2,(H3,24,25,26);1H.